The van der Waals surface area contributed by atoms with Gasteiger partial charge >= 0.3 is 6.18 Å². The number of likely N-dealkylation sites (tertiary alicyclic amines) is 1. The third-order valence-corrected chi connectivity index (χ3v) is 7.77. The number of halogens is 3. The van der Waals surface area contributed by atoms with Crippen molar-refractivity contribution in [3.05, 3.63) is 59.3 Å². The lowest BCUT2D eigenvalue weighted by atomic mass is 9.53. The molecule has 0 saturated carbocycles. The van der Waals surface area contributed by atoms with Crippen LogP contribution in [-0.2, 0) is 22.7 Å². The second kappa shape index (κ2) is 7.61. The highest BCUT2D eigenvalue weighted by molar-refractivity contribution is 5.62. The molecule has 1 saturated heterocycles. The van der Waals surface area contributed by atoms with E-state index in [9.17, 15) is 13.2 Å². The predicted molar refractivity (Wildman–Crippen MR) is 116 cm³/mol. The first-order chi connectivity index (χ1) is 16.3. The first kappa shape index (κ1) is 21.7. The Morgan fingerprint density at radius 3 is 2.88 bits per heavy atom. The van der Waals surface area contributed by atoms with Crippen LogP contribution in [0.15, 0.2) is 42.6 Å². The van der Waals surface area contributed by atoms with Crippen molar-refractivity contribution < 1.29 is 32.1 Å². The van der Waals surface area contributed by atoms with E-state index in [2.05, 4.69) is 29.1 Å². The van der Waals surface area contributed by atoms with Gasteiger partial charge in [0.2, 0.25) is 5.88 Å². The zero-order valence-electron chi connectivity index (χ0n) is 18.8. The number of likely N-dealkylation sites (N-methyl/N-ethyl adjacent to an activating group) is 1. The van der Waals surface area contributed by atoms with E-state index in [-0.39, 0.29) is 18.8 Å². The molecule has 0 radical (unpaired) electrons. The Balaban J connectivity index is 1.46. The number of alkyl halides is 3. The van der Waals surface area contributed by atoms with Gasteiger partial charge < -0.3 is 23.8 Å². The highest BCUT2D eigenvalue weighted by atomic mass is 19.4. The smallest absolute Gasteiger partial charge is 0.421 e. The van der Waals surface area contributed by atoms with Gasteiger partial charge in [0.1, 0.15) is 11.7 Å². The van der Waals surface area contributed by atoms with Crippen LogP contribution >= 0.6 is 0 Å². The number of aromatic nitrogens is 1. The number of pyridine rings is 1. The first-order valence-corrected chi connectivity index (χ1v) is 11.4. The van der Waals surface area contributed by atoms with E-state index in [0.29, 0.717) is 11.5 Å². The summed E-state index contributed by atoms with van der Waals surface area (Å²) in [7, 11) is 3.68. The monoisotopic (exact) mass is 474 g/mol. The molecule has 2 aliphatic heterocycles. The molecule has 6 rings (SSSR count). The summed E-state index contributed by atoms with van der Waals surface area (Å²) in [6.45, 7) is 0.934. The van der Waals surface area contributed by atoms with Gasteiger partial charge in [-0.2, -0.15) is 13.2 Å². The van der Waals surface area contributed by atoms with E-state index in [0.717, 1.165) is 31.0 Å². The molecule has 0 N–H and O–H groups in total. The van der Waals surface area contributed by atoms with Crippen molar-refractivity contribution in [1.29, 1.82) is 0 Å². The fourth-order valence-electron chi connectivity index (χ4n) is 6.38. The molecule has 180 valence electrons. The summed E-state index contributed by atoms with van der Waals surface area (Å²) in [5.41, 5.74) is 1.00. The molecule has 4 aliphatic rings. The summed E-state index contributed by atoms with van der Waals surface area (Å²) < 4.78 is 64.3. The van der Waals surface area contributed by atoms with Crippen molar-refractivity contribution in [2.45, 2.75) is 42.7 Å². The molecule has 1 spiro atoms. The molecule has 6 nitrogen and oxygen atoms in total. The molecule has 2 bridgehead atoms. The minimum Gasteiger partial charge on any atom is -0.481 e. The van der Waals surface area contributed by atoms with Gasteiger partial charge in [-0.25, -0.2) is 4.98 Å². The van der Waals surface area contributed by atoms with Crippen LogP contribution in [0.5, 0.6) is 17.4 Å². The van der Waals surface area contributed by atoms with Crippen LogP contribution in [0.4, 0.5) is 13.2 Å². The molecular weight excluding hydrogens is 449 g/mol. The van der Waals surface area contributed by atoms with E-state index in [1.54, 1.807) is 7.11 Å². The second-order valence-corrected chi connectivity index (χ2v) is 9.41. The summed E-state index contributed by atoms with van der Waals surface area (Å²) >= 11 is 0. The van der Waals surface area contributed by atoms with E-state index < -0.39 is 35.2 Å². The molecule has 1 aromatic heterocycles. The van der Waals surface area contributed by atoms with Gasteiger partial charge in [-0.1, -0.05) is 12.1 Å². The maximum atomic E-state index is 13.6. The van der Waals surface area contributed by atoms with Crippen molar-refractivity contribution in [2.75, 3.05) is 27.5 Å². The van der Waals surface area contributed by atoms with Gasteiger partial charge in [0.05, 0.1) is 0 Å². The highest BCUT2D eigenvalue weighted by Crippen LogP contribution is 2.62. The third-order valence-electron chi connectivity index (χ3n) is 7.77. The van der Waals surface area contributed by atoms with Crippen molar-refractivity contribution >= 4 is 0 Å². The van der Waals surface area contributed by atoms with Crippen LogP contribution in [0.1, 0.15) is 23.1 Å². The van der Waals surface area contributed by atoms with E-state index in [1.165, 1.54) is 17.8 Å². The number of hydrogen-bond donors (Lipinski definition) is 0. The minimum absolute atomic E-state index is 0.0721. The first-order valence-electron chi connectivity index (χ1n) is 11.4. The zero-order valence-corrected chi connectivity index (χ0v) is 18.8. The number of rotatable bonds is 5. The van der Waals surface area contributed by atoms with Crippen LogP contribution in [0.2, 0.25) is 0 Å². The Morgan fingerprint density at radius 2 is 2.09 bits per heavy atom. The van der Waals surface area contributed by atoms with Gasteiger partial charge in [0, 0.05) is 36.2 Å². The Labute approximate surface area is 195 Å². The molecule has 34 heavy (non-hydrogen) atoms. The fraction of sp³-hybridized carbons (Fsp3) is 0.480. The van der Waals surface area contributed by atoms with Crippen molar-refractivity contribution in [3.8, 4) is 17.4 Å². The van der Waals surface area contributed by atoms with Gasteiger partial charge in [-0.3, -0.25) is 0 Å². The molecule has 1 fully saturated rings. The van der Waals surface area contributed by atoms with Crippen molar-refractivity contribution in [3.63, 3.8) is 0 Å². The fourth-order valence-corrected chi connectivity index (χ4v) is 6.38. The average molecular weight is 474 g/mol. The normalized spacial score (nSPS) is 31.1. The molecule has 5 atom stereocenters. The van der Waals surface area contributed by atoms with Gasteiger partial charge in [0.25, 0.3) is 0 Å². The zero-order chi connectivity index (χ0) is 23.7. The molecule has 2 aromatic rings. The molecule has 0 unspecified atom stereocenters. The molecule has 1 aromatic carbocycles. The maximum Gasteiger partial charge on any atom is 0.421 e. The Kier molecular flexibility index (Phi) is 4.87. The summed E-state index contributed by atoms with van der Waals surface area (Å²) in [6, 6.07) is 6.50. The largest absolute Gasteiger partial charge is 0.481 e. The molecule has 3 heterocycles. The van der Waals surface area contributed by atoms with Crippen LogP contribution in [0, 0.1) is 5.92 Å². The number of methoxy groups -OCH3 is 1. The summed E-state index contributed by atoms with van der Waals surface area (Å²) in [6.07, 6.45) is 1.15. The van der Waals surface area contributed by atoms with E-state index in [1.807, 2.05) is 12.1 Å². The Hall–Kier alpha value is -2.78. The van der Waals surface area contributed by atoms with Crippen LogP contribution in [0.3, 0.4) is 0 Å². The third kappa shape index (κ3) is 2.99. The standard InChI is InChI=1S/C25H25F3N2O4/c1-30-11-9-24-15-6-8-19(33-23-16(25(26,27)28)4-3-10-29-23)22(24)34-21-18(32-13-31-2)7-5-14(20(21)24)12-17(15)30/h3-8,10,15,17,19,22H,9,11-13H2,1-2H3/t15-,17+,19-,22-,24-/m0/s1. The van der Waals surface area contributed by atoms with Crippen LogP contribution in [-0.4, -0.2) is 55.6 Å². The van der Waals surface area contributed by atoms with Gasteiger partial charge in [-0.15, -0.1) is 0 Å². The van der Waals surface area contributed by atoms with E-state index >= 15 is 0 Å². The summed E-state index contributed by atoms with van der Waals surface area (Å²) in [5, 5.41) is 0. The molecule has 0 amide bonds. The summed E-state index contributed by atoms with van der Waals surface area (Å²) in [5.74, 6) is 0.957. The van der Waals surface area contributed by atoms with Crippen LogP contribution in [0.25, 0.3) is 0 Å². The van der Waals surface area contributed by atoms with Crippen LogP contribution < -0.4 is 14.2 Å². The van der Waals surface area contributed by atoms with Gasteiger partial charge in [-0.05, 0) is 56.3 Å². The molecular formula is C25H25F3N2O4. The van der Waals surface area contributed by atoms with E-state index in [4.69, 9.17) is 18.9 Å². The lowest BCUT2D eigenvalue weighted by Gasteiger charge is -2.56. The summed E-state index contributed by atoms with van der Waals surface area (Å²) in [4.78, 5) is 6.29. The number of piperidine rings is 1. The molecule has 9 heteroatoms. The molecule has 2 aliphatic carbocycles. The minimum atomic E-state index is -4.57. The number of ether oxygens (including phenoxy) is 4. The Bertz CT molecular complexity index is 1150. The van der Waals surface area contributed by atoms with Crippen molar-refractivity contribution in [1.82, 2.24) is 9.88 Å². The lowest BCUT2D eigenvalue weighted by molar-refractivity contribution is -0.140. The second-order valence-electron chi connectivity index (χ2n) is 9.41. The quantitative estimate of drug-likeness (QED) is 0.483. The Morgan fingerprint density at radius 1 is 1.24 bits per heavy atom. The average Bonchev–Trinajstić information content (AvgIpc) is 3.16. The predicted octanol–water partition coefficient (Wildman–Crippen LogP) is 3.98. The number of hydrogen-bond acceptors (Lipinski definition) is 6. The van der Waals surface area contributed by atoms with Gasteiger partial charge in [0.15, 0.2) is 24.4 Å². The lowest BCUT2D eigenvalue weighted by Crippen LogP contribution is -2.65. The van der Waals surface area contributed by atoms with Crippen molar-refractivity contribution in [2.24, 2.45) is 5.92 Å². The number of benzene rings is 1. The SMILES string of the molecule is COCOc1ccc2c3c1O[C@H]1[C@@H](Oc4ncccc4C(F)(F)F)C=C[C@H]4[C@@H](C2)N(C)CC[C@@]341. The maximum absolute atomic E-state index is 13.6. The topological polar surface area (TPSA) is 53.1 Å². The highest BCUT2D eigenvalue weighted by Gasteiger charge is 2.65. The number of nitrogens with zero attached hydrogens (tertiary/aromatic N) is 2.